The largest absolute Gasteiger partial charge is 0.344 e. The van der Waals surface area contributed by atoms with Crippen LogP contribution < -0.4 is 10.2 Å². The van der Waals surface area contributed by atoms with Gasteiger partial charge in [-0.2, -0.15) is 0 Å². The van der Waals surface area contributed by atoms with Gasteiger partial charge in [-0.1, -0.05) is 24.6 Å². The molecule has 1 saturated heterocycles. The van der Waals surface area contributed by atoms with E-state index in [0.29, 0.717) is 19.4 Å². The predicted molar refractivity (Wildman–Crippen MR) is 70.4 cm³/mol. The minimum absolute atomic E-state index is 0.0211. The van der Waals surface area contributed by atoms with E-state index in [4.69, 9.17) is 0 Å². The van der Waals surface area contributed by atoms with Crippen molar-refractivity contribution in [3.63, 3.8) is 0 Å². The molecular formula is C14H18N2O2. The number of carbonyl (C=O) groups is 2. The maximum atomic E-state index is 12.3. The van der Waals surface area contributed by atoms with E-state index in [1.54, 1.807) is 4.90 Å². The molecule has 4 nitrogen and oxygen atoms in total. The molecule has 1 heterocycles. The van der Waals surface area contributed by atoms with Gasteiger partial charge in [0.25, 0.3) is 0 Å². The first-order chi connectivity index (χ1) is 8.61. The lowest BCUT2D eigenvalue weighted by Crippen LogP contribution is -2.44. The third-order valence-corrected chi connectivity index (χ3v) is 3.22. The lowest BCUT2D eigenvalue weighted by molar-refractivity contribution is -0.125. The zero-order valence-corrected chi connectivity index (χ0v) is 10.8. The SMILES string of the molecule is CCC1NC(=O)CCN(c2ccc(C)cc2)C1=O. The number of hydrogen-bond donors (Lipinski definition) is 1. The van der Waals surface area contributed by atoms with Gasteiger partial charge in [0.05, 0.1) is 0 Å². The summed E-state index contributed by atoms with van der Waals surface area (Å²) in [6, 6.07) is 7.40. The first kappa shape index (κ1) is 12.6. The van der Waals surface area contributed by atoms with Crippen molar-refractivity contribution in [2.45, 2.75) is 32.7 Å². The average molecular weight is 246 g/mol. The van der Waals surface area contributed by atoms with E-state index in [2.05, 4.69) is 5.32 Å². The van der Waals surface area contributed by atoms with Crippen molar-refractivity contribution in [3.8, 4) is 0 Å². The van der Waals surface area contributed by atoms with Gasteiger partial charge in [-0.15, -0.1) is 0 Å². The lowest BCUT2D eigenvalue weighted by Gasteiger charge is -2.23. The summed E-state index contributed by atoms with van der Waals surface area (Å²) < 4.78 is 0. The fourth-order valence-corrected chi connectivity index (χ4v) is 2.10. The van der Waals surface area contributed by atoms with Gasteiger partial charge < -0.3 is 10.2 Å². The average Bonchev–Trinajstić information content (AvgIpc) is 2.51. The monoisotopic (exact) mass is 246 g/mol. The summed E-state index contributed by atoms with van der Waals surface area (Å²) >= 11 is 0. The topological polar surface area (TPSA) is 49.4 Å². The van der Waals surface area contributed by atoms with E-state index in [9.17, 15) is 9.59 Å². The highest BCUT2D eigenvalue weighted by Crippen LogP contribution is 2.19. The normalized spacial score (nSPS) is 20.6. The molecule has 2 rings (SSSR count). The Kier molecular flexibility index (Phi) is 3.65. The molecule has 1 unspecified atom stereocenters. The summed E-state index contributed by atoms with van der Waals surface area (Å²) in [6.45, 7) is 4.36. The maximum absolute atomic E-state index is 12.3. The van der Waals surface area contributed by atoms with Crippen molar-refractivity contribution < 1.29 is 9.59 Å². The van der Waals surface area contributed by atoms with Crippen LogP contribution in [0.5, 0.6) is 0 Å². The van der Waals surface area contributed by atoms with Crippen molar-refractivity contribution in [2.24, 2.45) is 0 Å². The van der Waals surface area contributed by atoms with E-state index in [-0.39, 0.29) is 11.8 Å². The molecule has 0 radical (unpaired) electrons. The molecule has 1 aliphatic heterocycles. The molecule has 1 N–H and O–H groups in total. The van der Waals surface area contributed by atoms with Gasteiger partial charge in [0.15, 0.2) is 0 Å². The summed E-state index contributed by atoms with van der Waals surface area (Å²) in [7, 11) is 0. The van der Waals surface area contributed by atoms with Crippen LogP contribution in [0.25, 0.3) is 0 Å². The third-order valence-electron chi connectivity index (χ3n) is 3.22. The molecule has 1 aromatic carbocycles. The van der Waals surface area contributed by atoms with E-state index in [0.717, 1.165) is 11.3 Å². The highest BCUT2D eigenvalue weighted by Gasteiger charge is 2.29. The van der Waals surface area contributed by atoms with Crippen LogP contribution in [0.4, 0.5) is 5.69 Å². The zero-order valence-electron chi connectivity index (χ0n) is 10.8. The Labute approximate surface area is 107 Å². The quantitative estimate of drug-likeness (QED) is 0.862. The van der Waals surface area contributed by atoms with Gasteiger partial charge in [-0.05, 0) is 25.5 Å². The molecule has 96 valence electrons. The third kappa shape index (κ3) is 2.53. The molecule has 0 spiro atoms. The van der Waals surface area contributed by atoms with Crippen molar-refractivity contribution in [3.05, 3.63) is 29.8 Å². The lowest BCUT2D eigenvalue weighted by atomic mass is 10.1. The number of anilines is 1. The number of hydrogen-bond acceptors (Lipinski definition) is 2. The molecule has 0 saturated carbocycles. The summed E-state index contributed by atoms with van der Waals surface area (Å²) in [5, 5.41) is 2.76. The molecule has 0 bridgehead atoms. The van der Waals surface area contributed by atoms with Gasteiger partial charge in [-0.3, -0.25) is 9.59 Å². The van der Waals surface area contributed by atoms with E-state index in [1.807, 2.05) is 38.1 Å². The Balaban J connectivity index is 2.27. The van der Waals surface area contributed by atoms with Crippen LogP contribution in [0.2, 0.25) is 0 Å². The number of rotatable bonds is 2. The number of aryl methyl sites for hydroxylation is 1. The van der Waals surface area contributed by atoms with Crippen LogP contribution in [-0.4, -0.2) is 24.4 Å². The molecule has 0 aliphatic carbocycles. The Morgan fingerprint density at radius 3 is 2.56 bits per heavy atom. The van der Waals surface area contributed by atoms with Crippen LogP contribution in [0, 0.1) is 6.92 Å². The number of amides is 2. The Morgan fingerprint density at radius 1 is 1.28 bits per heavy atom. The summed E-state index contributed by atoms with van der Waals surface area (Å²) in [6.07, 6.45) is 0.975. The molecule has 2 amide bonds. The van der Waals surface area contributed by atoms with E-state index < -0.39 is 6.04 Å². The first-order valence-electron chi connectivity index (χ1n) is 6.29. The second-order valence-electron chi connectivity index (χ2n) is 4.60. The van der Waals surface area contributed by atoms with Gasteiger partial charge in [-0.25, -0.2) is 0 Å². The number of carbonyl (C=O) groups excluding carboxylic acids is 2. The summed E-state index contributed by atoms with van der Waals surface area (Å²) in [5.41, 5.74) is 2.02. The zero-order chi connectivity index (χ0) is 13.1. The second-order valence-corrected chi connectivity index (χ2v) is 4.60. The van der Waals surface area contributed by atoms with Gasteiger partial charge in [0.2, 0.25) is 11.8 Å². The fourth-order valence-electron chi connectivity index (χ4n) is 2.10. The Bertz CT molecular complexity index is 453. The molecular weight excluding hydrogens is 228 g/mol. The van der Waals surface area contributed by atoms with E-state index in [1.165, 1.54) is 0 Å². The Hall–Kier alpha value is -1.84. The van der Waals surface area contributed by atoms with Crippen molar-refractivity contribution in [2.75, 3.05) is 11.4 Å². The van der Waals surface area contributed by atoms with Crippen LogP contribution in [0.15, 0.2) is 24.3 Å². The fraction of sp³-hybridized carbons (Fsp3) is 0.429. The molecule has 1 atom stereocenters. The summed E-state index contributed by atoms with van der Waals surface area (Å²) in [4.78, 5) is 25.6. The van der Waals surface area contributed by atoms with Gasteiger partial charge in [0, 0.05) is 18.7 Å². The van der Waals surface area contributed by atoms with Crippen molar-refractivity contribution in [1.29, 1.82) is 0 Å². The van der Waals surface area contributed by atoms with Crippen LogP contribution in [0.3, 0.4) is 0 Å². The highest BCUT2D eigenvalue weighted by atomic mass is 16.2. The first-order valence-corrected chi connectivity index (χ1v) is 6.29. The van der Waals surface area contributed by atoms with Gasteiger partial charge in [0.1, 0.15) is 6.04 Å². The predicted octanol–water partition coefficient (Wildman–Crippen LogP) is 1.63. The second kappa shape index (κ2) is 5.21. The molecule has 1 aromatic rings. The highest BCUT2D eigenvalue weighted by molar-refractivity contribution is 6.01. The van der Waals surface area contributed by atoms with E-state index >= 15 is 0 Å². The number of nitrogens with zero attached hydrogens (tertiary/aromatic N) is 1. The van der Waals surface area contributed by atoms with Crippen molar-refractivity contribution >= 4 is 17.5 Å². The smallest absolute Gasteiger partial charge is 0.249 e. The Morgan fingerprint density at radius 2 is 1.94 bits per heavy atom. The van der Waals surface area contributed by atoms with Crippen LogP contribution in [0.1, 0.15) is 25.3 Å². The van der Waals surface area contributed by atoms with Crippen LogP contribution >= 0.6 is 0 Å². The summed E-state index contributed by atoms with van der Waals surface area (Å²) in [5.74, 6) is -0.0722. The van der Waals surface area contributed by atoms with Crippen molar-refractivity contribution in [1.82, 2.24) is 5.32 Å². The minimum Gasteiger partial charge on any atom is -0.344 e. The molecule has 0 aromatic heterocycles. The molecule has 1 aliphatic rings. The van der Waals surface area contributed by atoms with Crippen LogP contribution in [-0.2, 0) is 9.59 Å². The number of nitrogens with one attached hydrogen (secondary N) is 1. The number of benzene rings is 1. The molecule has 1 fully saturated rings. The standard InChI is InChI=1S/C14H18N2O2/c1-3-12-14(18)16(9-8-13(17)15-12)11-6-4-10(2)5-7-11/h4-7,12H,3,8-9H2,1-2H3,(H,15,17). The minimum atomic E-state index is -0.402. The van der Waals surface area contributed by atoms with Gasteiger partial charge >= 0.3 is 0 Å². The molecule has 4 heteroatoms. The molecule has 18 heavy (non-hydrogen) atoms. The maximum Gasteiger partial charge on any atom is 0.249 e.